The van der Waals surface area contributed by atoms with Crippen LogP contribution in [-0.2, 0) is 11.2 Å². The lowest BCUT2D eigenvalue weighted by Gasteiger charge is -2.25. The number of carbonyl (C=O) groups excluding carboxylic acids is 1. The number of nitrogens with one attached hydrogen (secondary N) is 1. The molecule has 4 aromatic rings. The van der Waals surface area contributed by atoms with Crippen LogP contribution in [0.3, 0.4) is 0 Å². The van der Waals surface area contributed by atoms with E-state index in [-0.39, 0.29) is 23.6 Å². The lowest BCUT2D eigenvalue weighted by molar-refractivity contribution is -0.385. The Hall–Kier alpha value is -4.67. The van der Waals surface area contributed by atoms with Gasteiger partial charge in [0.25, 0.3) is 5.91 Å². The maximum absolute atomic E-state index is 13.1. The number of hydrogen-bond acceptors (Lipinski definition) is 7. The highest BCUT2D eigenvalue weighted by Gasteiger charge is 2.26. The van der Waals surface area contributed by atoms with E-state index in [1.54, 1.807) is 24.7 Å². The number of carboxylic acid groups (broad SMARTS) is 1. The molecule has 1 atom stereocenters. The first-order valence-corrected chi connectivity index (χ1v) is 12.4. The monoisotopic (exact) mass is 518 g/mol. The summed E-state index contributed by atoms with van der Waals surface area (Å²) in [6, 6.07) is 9.49. The fraction of sp³-hybridized carbons (Fsp3) is 0.296. The quantitative estimate of drug-likeness (QED) is 0.220. The summed E-state index contributed by atoms with van der Waals surface area (Å²) in [4.78, 5) is 40.1. The number of rotatable bonds is 8. The van der Waals surface area contributed by atoms with Gasteiger partial charge in [0.05, 0.1) is 27.8 Å². The molecule has 1 amide bonds. The minimum absolute atomic E-state index is 0.203. The van der Waals surface area contributed by atoms with E-state index in [2.05, 4.69) is 9.88 Å². The van der Waals surface area contributed by atoms with Crippen LogP contribution in [0.2, 0.25) is 0 Å². The Morgan fingerprint density at radius 1 is 1.16 bits per heavy atom. The number of nitro groups is 1. The molecule has 2 aromatic carbocycles. The third-order valence-electron chi connectivity index (χ3n) is 6.95. The van der Waals surface area contributed by atoms with E-state index >= 15 is 0 Å². The SMILES string of the molecule is O=C(N[C@@H](Cc1ccc(O)c([N+](=O)[O-])c1)C(=O)O)c1ccc2c(c1)nc(-c1ccoc1)n2C1CCCCC1. The molecule has 1 aliphatic carbocycles. The van der Waals surface area contributed by atoms with Crippen molar-refractivity contribution in [1.29, 1.82) is 0 Å². The van der Waals surface area contributed by atoms with Gasteiger partial charge < -0.3 is 24.5 Å². The first kappa shape index (κ1) is 25.0. The molecule has 0 saturated heterocycles. The fourth-order valence-electron chi connectivity index (χ4n) is 5.06. The van der Waals surface area contributed by atoms with Gasteiger partial charge in [0, 0.05) is 24.1 Å². The smallest absolute Gasteiger partial charge is 0.326 e. The molecular weight excluding hydrogens is 492 g/mol. The minimum atomic E-state index is -1.34. The number of benzene rings is 2. The fourth-order valence-corrected chi connectivity index (χ4v) is 5.06. The number of phenols is 1. The second kappa shape index (κ2) is 10.4. The Morgan fingerprint density at radius 3 is 2.63 bits per heavy atom. The zero-order chi connectivity index (χ0) is 26.8. The highest BCUT2D eigenvalue weighted by atomic mass is 16.6. The van der Waals surface area contributed by atoms with Crippen LogP contribution >= 0.6 is 0 Å². The van der Waals surface area contributed by atoms with Crippen LogP contribution in [-0.4, -0.2) is 42.6 Å². The largest absolute Gasteiger partial charge is 0.502 e. The summed E-state index contributed by atoms with van der Waals surface area (Å²) in [5, 5.41) is 33.0. The van der Waals surface area contributed by atoms with E-state index in [9.17, 15) is 29.9 Å². The van der Waals surface area contributed by atoms with Gasteiger partial charge in [-0.25, -0.2) is 9.78 Å². The lowest BCUT2D eigenvalue weighted by atomic mass is 9.95. The number of phenolic OH excluding ortho intramolecular Hbond substituents is 1. The molecule has 11 heteroatoms. The highest BCUT2D eigenvalue weighted by molar-refractivity contribution is 5.99. The van der Waals surface area contributed by atoms with Crippen molar-refractivity contribution in [2.45, 2.75) is 50.6 Å². The Labute approximate surface area is 216 Å². The van der Waals surface area contributed by atoms with E-state index in [0.717, 1.165) is 54.7 Å². The number of aromatic nitrogens is 2. The molecule has 1 saturated carbocycles. The minimum Gasteiger partial charge on any atom is -0.502 e. The maximum atomic E-state index is 13.1. The number of nitrogens with zero attached hydrogens (tertiary/aromatic N) is 3. The van der Waals surface area contributed by atoms with Crippen LogP contribution in [0.4, 0.5) is 5.69 Å². The average Bonchev–Trinajstić information content (AvgIpc) is 3.57. The Morgan fingerprint density at radius 2 is 1.95 bits per heavy atom. The summed E-state index contributed by atoms with van der Waals surface area (Å²) in [6.07, 6.45) is 8.57. The number of aromatic hydroxyl groups is 1. The molecule has 196 valence electrons. The van der Waals surface area contributed by atoms with Crippen molar-refractivity contribution in [3.05, 3.63) is 76.2 Å². The van der Waals surface area contributed by atoms with Crippen molar-refractivity contribution in [1.82, 2.24) is 14.9 Å². The predicted molar refractivity (Wildman–Crippen MR) is 137 cm³/mol. The second-order valence-corrected chi connectivity index (χ2v) is 9.46. The lowest BCUT2D eigenvalue weighted by Crippen LogP contribution is -2.42. The number of furan rings is 1. The molecule has 38 heavy (non-hydrogen) atoms. The van der Waals surface area contributed by atoms with Crippen LogP contribution in [0.25, 0.3) is 22.4 Å². The number of amides is 1. The molecule has 1 aliphatic rings. The van der Waals surface area contributed by atoms with Crippen LogP contribution < -0.4 is 5.32 Å². The molecule has 3 N–H and O–H groups in total. The van der Waals surface area contributed by atoms with E-state index in [4.69, 9.17) is 9.40 Å². The Bertz CT molecular complexity index is 1500. The molecule has 0 radical (unpaired) electrons. The van der Waals surface area contributed by atoms with Gasteiger partial charge in [-0.1, -0.05) is 25.3 Å². The van der Waals surface area contributed by atoms with Crippen LogP contribution in [0.1, 0.15) is 54.1 Å². The molecule has 1 fully saturated rings. The van der Waals surface area contributed by atoms with Crippen molar-refractivity contribution in [3.63, 3.8) is 0 Å². The Kier molecular flexibility index (Phi) is 6.82. The van der Waals surface area contributed by atoms with E-state index in [1.165, 1.54) is 12.5 Å². The van der Waals surface area contributed by atoms with E-state index < -0.39 is 34.3 Å². The Balaban J connectivity index is 1.42. The maximum Gasteiger partial charge on any atom is 0.326 e. The van der Waals surface area contributed by atoms with Gasteiger partial charge in [0.2, 0.25) is 0 Å². The van der Waals surface area contributed by atoms with Gasteiger partial charge in [-0.2, -0.15) is 0 Å². The van der Waals surface area contributed by atoms with Gasteiger partial charge in [-0.3, -0.25) is 14.9 Å². The van der Waals surface area contributed by atoms with Gasteiger partial charge in [-0.05, 0) is 48.7 Å². The number of hydrogen-bond donors (Lipinski definition) is 3. The van der Waals surface area contributed by atoms with Crippen molar-refractivity contribution in [3.8, 4) is 17.1 Å². The van der Waals surface area contributed by atoms with Crippen molar-refractivity contribution < 1.29 is 29.1 Å². The van der Waals surface area contributed by atoms with Crippen LogP contribution in [0.5, 0.6) is 5.75 Å². The number of imidazole rings is 1. The number of nitro benzene ring substituents is 1. The number of fused-ring (bicyclic) bond motifs is 1. The van der Waals surface area contributed by atoms with Gasteiger partial charge in [0.1, 0.15) is 18.1 Å². The summed E-state index contributed by atoms with van der Waals surface area (Å²) in [5.41, 5.74) is 2.33. The molecule has 2 heterocycles. The zero-order valence-electron chi connectivity index (χ0n) is 20.4. The molecule has 2 aromatic heterocycles. The summed E-state index contributed by atoms with van der Waals surface area (Å²) in [6.45, 7) is 0. The molecule has 11 nitrogen and oxygen atoms in total. The van der Waals surface area contributed by atoms with Gasteiger partial charge >= 0.3 is 11.7 Å². The molecule has 0 bridgehead atoms. The predicted octanol–water partition coefficient (Wildman–Crippen LogP) is 4.84. The van der Waals surface area contributed by atoms with Crippen molar-refractivity contribution >= 4 is 28.6 Å². The molecule has 0 unspecified atom stereocenters. The third-order valence-corrected chi connectivity index (χ3v) is 6.95. The average molecular weight is 519 g/mol. The number of carboxylic acids is 1. The summed E-state index contributed by atoms with van der Waals surface area (Å²) in [7, 11) is 0. The normalized spacial score (nSPS) is 14.8. The molecule has 0 spiro atoms. The molecule has 0 aliphatic heterocycles. The highest BCUT2D eigenvalue weighted by Crippen LogP contribution is 2.36. The summed E-state index contributed by atoms with van der Waals surface area (Å²) in [5.74, 6) is -1.66. The topological polar surface area (TPSA) is 161 Å². The van der Waals surface area contributed by atoms with Crippen molar-refractivity contribution in [2.24, 2.45) is 0 Å². The molecular formula is C27H26N4O7. The number of aliphatic carboxylic acids is 1. The first-order valence-electron chi connectivity index (χ1n) is 12.4. The summed E-state index contributed by atoms with van der Waals surface area (Å²) >= 11 is 0. The molecule has 5 rings (SSSR count). The van der Waals surface area contributed by atoms with Gasteiger partial charge in [0.15, 0.2) is 5.75 Å². The standard InChI is InChI=1S/C27H26N4O7/c32-24-9-6-16(13-23(24)31(36)37)12-21(27(34)35)29-26(33)17-7-8-22-20(14-17)28-25(18-10-11-38-15-18)30(22)19-4-2-1-3-5-19/h6-11,13-15,19,21,32H,1-5,12H2,(H,29,33)(H,34,35)/t21-/m0/s1. The zero-order valence-corrected chi connectivity index (χ0v) is 20.4. The van der Waals surface area contributed by atoms with Crippen LogP contribution in [0, 0.1) is 10.1 Å². The first-order chi connectivity index (χ1) is 18.3. The van der Waals surface area contributed by atoms with Gasteiger partial charge in [-0.15, -0.1) is 0 Å². The van der Waals surface area contributed by atoms with Crippen molar-refractivity contribution in [2.75, 3.05) is 0 Å². The second-order valence-electron chi connectivity index (χ2n) is 9.46. The number of carbonyl (C=O) groups is 2. The summed E-state index contributed by atoms with van der Waals surface area (Å²) < 4.78 is 7.49. The third kappa shape index (κ3) is 4.95. The van der Waals surface area contributed by atoms with E-state index in [1.807, 2.05) is 12.1 Å². The van der Waals surface area contributed by atoms with E-state index in [0.29, 0.717) is 5.52 Å². The van der Waals surface area contributed by atoms with Crippen LogP contribution in [0.15, 0.2) is 59.4 Å².